The molecule has 2 rings (SSSR count). The van der Waals surface area contributed by atoms with E-state index >= 15 is 0 Å². The third-order valence-electron chi connectivity index (χ3n) is 4.05. The molecule has 0 atom stereocenters. The van der Waals surface area contributed by atoms with E-state index in [9.17, 15) is 13.2 Å². The lowest BCUT2D eigenvalue weighted by atomic mass is 10.1. The number of sulfonamides is 1. The van der Waals surface area contributed by atoms with Crippen LogP contribution in [0.2, 0.25) is 0 Å². The summed E-state index contributed by atoms with van der Waals surface area (Å²) in [6.45, 7) is 11.4. The molecule has 27 heavy (non-hydrogen) atoms. The third-order valence-corrected chi connectivity index (χ3v) is 5.90. The van der Waals surface area contributed by atoms with Crippen LogP contribution < -0.4 is 5.32 Å². The summed E-state index contributed by atoms with van der Waals surface area (Å²) in [5.41, 5.74) is 3.19. The van der Waals surface area contributed by atoms with Gasteiger partial charge in [-0.1, -0.05) is 29.8 Å². The van der Waals surface area contributed by atoms with Crippen molar-refractivity contribution >= 4 is 21.6 Å². The molecule has 142 valence electrons. The van der Waals surface area contributed by atoms with Gasteiger partial charge in [-0.15, -0.1) is 13.2 Å². The van der Waals surface area contributed by atoms with Gasteiger partial charge >= 0.3 is 0 Å². The van der Waals surface area contributed by atoms with Gasteiger partial charge in [0.15, 0.2) is 0 Å². The van der Waals surface area contributed by atoms with E-state index in [1.807, 2.05) is 32.0 Å². The number of anilines is 1. The zero-order valence-electron chi connectivity index (χ0n) is 15.6. The Bertz CT molecular complexity index is 938. The molecule has 2 aromatic rings. The average molecular weight is 385 g/mol. The number of nitrogens with one attached hydrogen (secondary N) is 1. The summed E-state index contributed by atoms with van der Waals surface area (Å²) in [5, 5.41) is 2.85. The molecule has 1 N–H and O–H groups in total. The van der Waals surface area contributed by atoms with Gasteiger partial charge < -0.3 is 5.32 Å². The second kappa shape index (κ2) is 8.79. The van der Waals surface area contributed by atoms with Crippen molar-refractivity contribution in [2.75, 3.05) is 18.4 Å². The fraction of sp³-hybridized carbons (Fsp3) is 0.190. The number of nitrogens with zero attached hydrogens (tertiary/aromatic N) is 1. The van der Waals surface area contributed by atoms with Gasteiger partial charge in [-0.25, -0.2) is 8.42 Å². The summed E-state index contributed by atoms with van der Waals surface area (Å²) in [6.07, 6.45) is 3.04. The Labute approximate surface area is 161 Å². The normalized spacial score (nSPS) is 11.2. The SMILES string of the molecule is C=CCN(CC=C)S(=O)(=O)c1ccc(C(=O)Nc2ccc(C)cc2C)cc1. The maximum atomic E-state index is 12.7. The molecule has 0 aliphatic carbocycles. The van der Waals surface area contributed by atoms with Crippen LogP contribution in [0.1, 0.15) is 21.5 Å². The van der Waals surface area contributed by atoms with Crippen LogP contribution in [-0.2, 0) is 10.0 Å². The zero-order chi connectivity index (χ0) is 20.0. The molecule has 0 aromatic heterocycles. The zero-order valence-corrected chi connectivity index (χ0v) is 16.4. The van der Waals surface area contributed by atoms with Gasteiger partial charge in [0.2, 0.25) is 10.0 Å². The number of aryl methyl sites for hydroxylation is 2. The van der Waals surface area contributed by atoms with Gasteiger partial charge in [0.25, 0.3) is 5.91 Å². The van der Waals surface area contributed by atoms with Gasteiger partial charge in [0, 0.05) is 24.3 Å². The van der Waals surface area contributed by atoms with E-state index in [1.54, 1.807) is 0 Å². The van der Waals surface area contributed by atoms with Gasteiger partial charge in [-0.2, -0.15) is 4.31 Å². The van der Waals surface area contributed by atoms with Crippen LogP contribution in [0, 0.1) is 13.8 Å². The highest BCUT2D eigenvalue weighted by molar-refractivity contribution is 7.89. The van der Waals surface area contributed by atoms with Crippen LogP contribution in [0.3, 0.4) is 0 Å². The first-order chi connectivity index (χ1) is 12.8. The summed E-state index contributed by atoms with van der Waals surface area (Å²) in [5.74, 6) is -0.292. The topological polar surface area (TPSA) is 66.5 Å². The first kappa shape index (κ1) is 20.6. The van der Waals surface area contributed by atoms with Crippen LogP contribution in [0.25, 0.3) is 0 Å². The van der Waals surface area contributed by atoms with E-state index in [1.165, 1.54) is 40.7 Å². The van der Waals surface area contributed by atoms with Crippen molar-refractivity contribution < 1.29 is 13.2 Å². The lowest BCUT2D eigenvalue weighted by Gasteiger charge is -2.19. The number of hydrogen-bond donors (Lipinski definition) is 1. The highest BCUT2D eigenvalue weighted by Crippen LogP contribution is 2.19. The molecule has 0 saturated heterocycles. The maximum absolute atomic E-state index is 12.7. The number of carbonyl (C=O) groups excluding carboxylic acids is 1. The monoisotopic (exact) mass is 384 g/mol. The highest BCUT2D eigenvalue weighted by atomic mass is 32.2. The van der Waals surface area contributed by atoms with E-state index in [0.29, 0.717) is 5.56 Å². The molecule has 0 saturated carbocycles. The number of carbonyl (C=O) groups is 1. The number of amides is 1. The molecule has 5 nitrogen and oxygen atoms in total. The van der Waals surface area contributed by atoms with E-state index in [2.05, 4.69) is 18.5 Å². The van der Waals surface area contributed by atoms with Crippen molar-refractivity contribution in [2.24, 2.45) is 0 Å². The molecule has 1 amide bonds. The average Bonchev–Trinajstić information content (AvgIpc) is 2.64. The van der Waals surface area contributed by atoms with E-state index < -0.39 is 10.0 Å². The van der Waals surface area contributed by atoms with Crippen molar-refractivity contribution in [1.29, 1.82) is 0 Å². The molecule has 0 aliphatic heterocycles. The first-order valence-electron chi connectivity index (χ1n) is 8.50. The first-order valence-corrected chi connectivity index (χ1v) is 9.94. The fourth-order valence-electron chi connectivity index (χ4n) is 2.63. The lowest BCUT2D eigenvalue weighted by molar-refractivity contribution is 0.102. The minimum Gasteiger partial charge on any atom is -0.322 e. The van der Waals surface area contributed by atoms with Gasteiger partial charge in [0.05, 0.1) is 4.90 Å². The third kappa shape index (κ3) is 4.93. The Hall–Kier alpha value is -2.70. The molecule has 0 bridgehead atoms. The Morgan fingerprint density at radius 1 is 1.04 bits per heavy atom. The Balaban J connectivity index is 2.21. The molecule has 2 aromatic carbocycles. The van der Waals surface area contributed by atoms with E-state index in [4.69, 9.17) is 0 Å². The summed E-state index contributed by atoms with van der Waals surface area (Å²) in [7, 11) is -3.68. The molecule has 6 heteroatoms. The quantitative estimate of drug-likeness (QED) is 0.702. The van der Waals surface area contributed by atoms with E-state index in [0.717, 1.165) is 16.8 Å². The summed E-state index contributed by atoms with van der Waals surface area (Å²) < 4.78 is 26.6. The smallest absolute Gasteiger partial charge is 0.255 e. The predicted molar refractivity (Wildman–Crippen MR) is 109 cm³/mol. The Morgan fingerprint density at radius 3 is 2.15 bits per heavy atom. The van der Waals surface area contributed by atoms with E-state index in [-0.39, 0.29) is 23.9 Å². The van der Waals surface area contributed by atoms with Crippen molar-refractivity contribution in [2.45, 2.75) is 18.7 Å². The summed E-state index contributed by atoms with van der Waals surface area (Å²) in [4.78, 5) is 12.6. The Morgan fingerprint density at radius 2 is 1.63 bits per heavy atom. The molecular formula is C21H24N2O3S. The summed E-state index contributed by atoms with van der Waals surface area (Å²) in [6, 6.07) is 11.6. The standard InChI is InChI=1S/C21H24N2O3S/c1-5-13-23(14-6-2)27(25,26)19-10-8-18(9-11-19)21(24)22-20-12-7-16(3)15-17(20)4/h5-12,15H,1-2,13-14H2,3-4H3,(H,22,24). The van der Waals surface area contributed by atoms with Crippen molar-refractivity contribution in [1.82, 2.24) is 4.31 Å². The summed E-state index contributed by atoms with van der Waals surface area (Å²) >= 11 is 0. The van der Waals surface area contributed by atoms with Crippen LogP contribution in [0.5, 0.6) is 0 Å². The number of benzene rings is 2. The Kier molecular flexibility index (Phi) is 6.71. The van der Waals surface area contributed by atoms with Gasteiger partial charge in [0.1, 0.15) is 0 Å². The van der Waals surface area contributed by atoms with Gasteiger partial charge in [-0.05, 0) is 49.7 Å². The number of hydrogen-bond acceptors (Lipinski definition) is 3. The molecule has 0 aliphatic rings. The van der Waals surface area contributed by atoms with Gasteiger partial charge in [-0.3, -0.25) is 4.79 Å². The molecule has 0 heterocycles. The van der Waals surface area contributed by atoms with Crippen LogP contribution in [0.15, 0.2) is 72.7 Å². The van der Waals surface area contributed by atoms with Crippen LogP contribution in [0.4, 0.5) is 5.69 Å². The molecule has 0 radical (unpaired) electrons. The van der Waals surface area contributed by atoms with Crippen LogP contribution >= 0.6 is 0 Å². The predicted octanol–water partition coefficient (Wildman–Crippen LogP) is 3.92. The largest absolute Gasteiger partial charge is 0.322 e. The number of rotatable bonds is 8. The highest BCUT2D eigenvalue weighted by Gasteiger charge is 2.22. The van der Waals surface area contributed by atoms with Crippen molar-refractivity contribution in [3.8, 4) is 0 Å². The molecular weight excluding hydrogens is 360 g/mol. The lowest BCUT2D eigenvalue weighted by Crippen LogP contribution is -2.31. The molecule has 0 fully saturated rings. The molecule has 0 unspecified atom stereocenters. The van der Waals surface area contributed by atoms with Crippen LogP contribution in [-0.4, -0.2) is 31.7 Å². The molecule has 0 spiro atoms. The second-order valence-corrected chi connectivity index (χ2v) is 8.13. The van der Waals surface area contributed by atoms with Crippen molar-refractivity contribution in [3.05, 3.63) is 84.5 Å². The van der Waals surface area contributed by atoms with Crippen molar-refractivity contribution in [3.63, 3.8) is 0 Å². The second-order valence-electron chi connectivity index (χ2n) is 6.20. The minimum absolute atomic E-state index is 0.120. The maximum Gasteiger partial charge on any atom is 0.255 e. The fourth-order valence-corrected chi connectivity index (χ4v) is 4.02. The minimum atomic E-state index is -3.68.